The van der Waals surface area contributed by atoms with Crippen LogP contribution >= 0.6 is 0 Å². The SMILES string of the molecule is CCc1cc(O)oc1C=O. The molecule has 54 valence electrons. The summed E-state index contributed by atoms with van der Waals surface area (Å²) < 4.78 is 4.64. The maximum Gasteiger partial charge on any atom is 0.282 e. The minimum Gasteiger partial charge on any atom is -0.481 e. The molecule has 0 fully saturated rings. The highest BCUT2D eigenvalue weighted by atomic mass is 16.5. The summed E-state index contributed by atoms with van der Waals surface area (Å²) in [5.74, 6) is 0.0268. The number of carbonyl (C=O) groups is 1. The molecule has 0 atom stereocenters. The van der Waals surface area contributed by atoms with Gasteiger partial charge in [-0.25, -0.2) is 0 Å². The largest absolute Gasteiger partial charge is 0.481 e. The molecule has 1 heterocycles. The van der Waals surface area contributed by atoms with Crippen LogP contribution in [0, 0.1) is 0 Å². The van der Waals surface area contributed by atoms with E-state index in [4.69, 9.17) is 5.11 Å². The molecule has 0 aliphatic rings. The van der Waals surface area contributed by atoms with E-state index in [0.29, 0.717) is 12.7 Å². The highest BCUT2D eigenvalue weighted by Crippen LogP contribution is 2.18. The van der Waals surface area contributed by atoms with Crippen LogP contribution in [0.3, 0.4) is 0 Å². The van der Waals surface area contributed by atoms with E-state index in [1.54, 1.807) is 0 Å². The number of carbonyl (C=O) groups excluding carboxylic acids is 1. The van der Waals surface area contributed by atoms with Crippen LogP contribution in [0.5, 0.6) is 5.95 Å². The fraction of sp³-hybridized carbons (Fsp3) is 0.286. The van der Waals surface area contributed by atoms with Gasteiger partial charge in [-0.15, -0.1) is 0 Å². The lowest BCUT2D eigenvalue weighted by Gasteiger charge is -1.84. The first-order valence-corrected chi connectivity index (χ1v) is 3.04. The van der Waals surface area contributed by atoms with Crippen molar-refractivity contribution in [3.05, 3.63) is 17.4 Å². The third kappa shape index (κ3) is 1.03. The molecule has 0 aliphatic carbocycles. The standard InChI is InChI=1S/C7H8O3/c1-2-5-3-7(9)10-6(5)4-8/h3-4,9H,2H2,1H3. The molecule has 0 saturated heterocycles. The summed E-state index contributed by atoms with van der Waals surface area (Å²) in [6.07, 6.45) is 1.29. The smallest absolute Gasteiger partial charge is 0.282 e. The number of hydrogen-bond acceptors (Lipinski definition) is 3. The Morgan fingerprint density at radius 3 is 2.90 bits per heavy atom. The number of aldehydes is 1. The second-order valence-electron chi connectivity index (χ2n) is 1.95. The van der Waals surface area contributed by atoms with Crippen LogP contribution in [-0.2, 0) is 6.42 Å². The van der Waals surface area contributed by atoms with Crippen LogP contribution in [0.15, 0.2) is 10.5 Å². The lowest BCUT2D eigenvalue weighted by Crippen LogP contribution is -1.81. The molecule has 0 bridgehead atoms. The molecule has 1 aromatic rings. The predicted molar refractivity (Wildman–Crippen MR) is 35.1 cm³/mol. The fourth-order valence-electron chi connectivity index (χ4n) is 0.804. The van der Waals surface area contributed by atoms with Crippen molar-refractivity contribution in [2.45, 2.75) is 13.3 Å². The monoisotopic (exact) mass is 140 g/mol. The highest BCUT2D eigenvalue weighted by Gasteiger charge is 2.06. The fourth-order valence-corrected chi connectivity index (χ4v) is 0.804. The highest BCUT2D eigenvalue weighted by molar-refractivity contribution is 5.73. The minimum atomic E-state index is -0.195. The quantitative estimate of drug-likeness (QED) is 0.631. The van der Waals surface area contributed by atoms with E-state index < -0.39 is 0 Å². The van der Waals surface area contributed by atoms with Gasteiger partial charge in [0.05, 0.1) is 0 Å². The first-order chi connectivity index (χ1) is 4.77. The Morgan fingerprint density at radius 2 is 2.50 bits per heavy atom. The molecule has 0 aliphatic heterocycles. The van der Waals surface area contributed by atoms with Gasteiger partial charge in [-0.05, 0) is 6.42 Å². The molecule has 0 spiro atoms. The van der Waals surface area contributed by atoms with Crippen LogP contribution in [0.25, 0.3) is 0 Å². The molecule has 0 saturated carbocycles. The van der Waals surface area contributed by atoms with Gasteiger partial charge in [-0.3, -0.25) is 4.79 Å². The number of furan rings is 1. The summed E-state index contributed by atoms with van der Waals surface area (Å²) >= 11 is 0. The number of hydrogen-bond donors (Lipinski definition) is 1. The molecule has 0 amide bonds. The molecule has 1 aromatic heterocycles. The second-order valence-corrected chi connectivity index (χ2v) is 1.95. The molecule has 0 unspecified atom stereocenters. The first kappa shape index (κ1) is 6.86. The second kappa shape index (κ2) is 2.56. The van der Waals surface area contributed by atoms with Gasteiger partial charge >= 0.3 is 0 Å². The molecule has 3 nitrogen and oxygen atoms in total. The minimum absolute atomic E-state index is 0.195. The topological polar surface area (TPSA) is 50.4 Å². The van der Waals surface area contributed by atoms with E-state index in [1.165, 1.54) is 6.07 Å². The average molecular weight is 140 g/mol. The van der Waals surface area contributed by atoms with Crippen molar-refractivity contribution in [2.24, 2.45) is 0 Å². The molecule has 3 heteroatoms. The van der Waals surface area contributed by atoms with Crippen molar-refractivity contribution in [1.82, 2.24) is 0 Å². The van der Waals surface area contributed by atoms with Gasteiger partial charge in [-0.2, -0.15) is 0 Å². The molecule has 1 rings (SSSR count). The molecule has 0 aromatic carbocycles. The van der Waals surface area contributed by atoms with E-state index in [-0.39, 0.29) is 11.7 Å². The van der Waals surface area contributed by atoms with Gasteiger partial charge in [0, 0.05) is 11.6 Å². The van der Waals surface area contributed by atoms with Gasteiger partial charge < -0.3 is 9.52 Å². The molecule has 10 heavy (non-hydrogen) atoms. The van der Waals surface area contributed by atoms with Crippen molar-refractivity contribution in [3.8, 4) is 5.95 Å². The summed E-state index contributed by atoms with van der Waals surface area (Å²) in [5, 5.41) is 8.77. The van der Waals surface area contributed by atoms with Crippen molar-refractivity contribution < 1.29 is 14.3 Å². The Balaban J connectivity index is 3.08. The van der Waals surface area contributed by atoms with E-state index in [0.717, 1.165) is 5.56 Å². The van der Waals surface area contributed by atoms with Crippen molar-refractivity contribution in [3.63, 3.8) is 0 Å². The molecular formula is C7H8O3. The van der Waals surface area contributed by atoms with E-state index in [1.807, 2.05) is 6.92 Å². The Bertz CT molecular complexity index is 237. The zero-order chi connectivity index (χ0) is 7.56. The predicted octanol–water partition coefficient (Wildman–Crippen LogP) is 1.36. The number of rotatable bonds is 2. The summed E-state index contributed by atoms with van der Waals surface area (Å²) in [6, 6.07) is 1.45. The number of aryl methyl sites for hydroxylation is 1. The Kier molecular flexibility index (Phi) is 1.76. The maximum atomic E-state index is 10.2. The van der Waals surface area contributed by atoms with E-state index >= 15 is 0 Å². The van der Waals surface area contributed by atoms with Crippen molar-refractivity contribution in [1.29, 1.82) is 0 Å². The summed E-state index contributed by atoms with van der Waals surface area (Å²) in [6.45, 7) is 1.89. The lowest BCUT2D eigenvalue weighted by atomic mass is 10.2. The third-order valence-corrected chi connectivity index (χ3v) is 1.32. The summed E-state index contributed by atoms with van der Waals surface area (Å²) in [5.41, 5.74) is 0.743. The van der Waals surface area contributed by atoms with Gasteiger partial charge in [0.1, 0.15) is 0 Å². The van der Waals surface area contributed by atoms with Gasteiger partial charge in [0.15, 0.2) is 12.0 Å². The normalized spacial score (nSPS) is 9.70. The average Bonchev–Trinajstić information content (AvgIpc) is 2.30. The van der Waals surface area contributed by atoms with Gasteiger partial charge in [0.2, 0.25) is 0 Å². The van der Waals surface area contributed by atoms with Crippen LogP contribution in [0.4, 0.5) is 0 Å². The Morgan fingerprint density at radius 1 is 1.80 bits per heavy atom. The first-order valence-electron chi connectivity index (χ1n) is 3.04. The van der Waals surface area contributed by atoms with Crippen LogP contribution < -0.4 is 0 Å². The van der Waals surface area contributed by atoms with Crippen LogP contribution in [-0.4, -0.2) is 11.4 Å². The van der Waals surface area contributed by atoms with Crippen molar-refractivity contribution in [2.75, 3.05) is 0 Å². The van der Waals surface area contributed by atoms with Crippen molar-refractivity contribution >= 4 is 6.29 Å². The van der Waals surface area contributed by atoms with Gasteiger partial charge in [0.25, 0.3) is 5.95 Å². The Labute approximate surface area is 58.3 Å². The lowest BCUT2D eigenvalue weighted by molar-refractivity contribution is 0.109. The zero-order valence-electron chi connectivity index (χ0n) is 5.63. The van der Waals surface area contributed by atoms with Crippen LogP contribution in [0.1, 0.15) is 23.0 Å². The van der Waals surface area contributed by atoms with E-state index in [2.05, 4.69) is 4.42 Å². The summed E-state index contributed by atoms with van der Waals surface area (Å²) in [4.78, 5) is 10.2. The molecular weight excluding hydrogens is 132 g/mol. The van der Waals surface area contributed by atoms with Crippen LogP contribution in [0.2, 0.25) is 0 Å². The summed E-state index contributed by atoms with van der Waals surface area (Å²) in [7, 11) is 0. The zero-order valence-corrected chi connectivity index (χ0v) is 5.63. The van der Waals surface area contributed by atoms with E-state index in [9.17, 15) is 4.79 Å². The molecule has 1 N–H and O–H groups in total. The number of aromatic hydroxyl groups is 1. The third-order valence-electron chi connectivity index (χ3n) is 1.32. The maximum absolute atomic E-state index is 10.2. The Hall–Kier alpha value is -1.25. The molecule has 0 radical (unpaired) electrons. The van der Waals surface area contributed by atoms with Gasteiger partial charge in [-0.1, -0.05) is 6.92 Å².